The molecule has 4 nitrogen and oxygen atoms in total. The largest absolute Gasteiger partial charge is 0.383 e. The Kier molecular flexibility index (Phi) is 5.16. The average Bonchev–Trinajstić information content (AvgIpc) is 2.84. The van der Waals surface area contributed by atoms with Gasteiger partial charge in [0.1, 0.15) is 10.6 Å². The maximum absolute atomic E-state index is 6.24. The van der Waals surface area contributed by atoms with Crippen LogP contribution >= 0.6 is 34.7 Å². The number of fused-ring (bicyclic) bond motifs is 3. The Balaban J connectivity index is 1.93. The van der Waals surface area contributed by atoms with E-state index in [1.54, 1.807) is 23.1 Å². The SMILES string of the molecule is CC(Cl)=CCSc1nc(N)c2c3c(sc2n1)COC(C(C)C)C3. The minimum absolute atomic E-state index is 0.241. The molecule has 0 fully saturated rings. The summed E-state index contributed by atoms with van der Waals surface area (Å²) in [6, 6.07) is 0. The molecule has 0 saturated carbocycles. The minimum atomic E-state index is 0.241. The minimum Gasteiger partial charge on any atom is -0.383 e. The summed E-state index contributed by atoms with van der Waals surface area (Å²) in [6.07, 6.45) is 3.07. The van der Waals surface area contributed by atoms with Crippen molar-refractivity contribution >= 4 is 50.7 Å². The summed E-state index contributed by atoms with van der Waals surface area (Å²) in [6.45, 7) is 6.88. The highest BCUT2D eigenvalue weighted by Crippen LogP contribution is 2.39. The number of nitrogens with zero attached hydrogens (tertiary/aromatic N) is 2. The summed E-state index contributed by atoms with van der Waals surface area (Å²) in [4.78, 5) is 11.3. The fourth-order valence-electron chi connectivity index (χ4n) is 2.61. The first-order valence-electron chi connectivity index (χ1n) is 7.60. The number of anilines is 1. The summed E-state index contributed by atoms with van der Waals surface area (Å²) in [5.74, 6) is 1.80. The molecular weight excluding hydrogens is 350 g/mol. The summed E-state index contributed by atoms with van der Waals surface area (Å²) in [5, 5.41) is 2.49. The fourth-order valence-corrected chi connectivity index (χ4v) is 4.77. The molecule has 0 bridgehead atoms. The van der Waals surface area contributed by atoms with Gasteiger partial charge in [-0.25, -0.2) is 9.97 Å². The van der Waals surface area contributed by atoms with Crippen molar-refractivity contribution in [3.8, 4) is 0 Å². The molecule has 0 radical (unpaired) electrons. The monoisotopic (exact) mass is 369 g/mol. The van der Waals surface area contributed by atoms with E-state index in [2.05, 4.69) is 23.8 Å². The predicted octanol–water partition coefficient (Wildman–Crippen LogP) is 4.61. The van der Waals surface area contributed by atoms with Crippen molar-refractivity contribution < 1.29 is 4.74 Å². The molecule has 1 atom stereocenters. The Bertz CT molecular complexity index is 753. The third kappa shape index (κ3) is 3.65. The van der Waals surface area contributed by atoms with E-state index in [0.717, 1.165) is 27.4 Å². The van der Waals surface area contributed by atoms with Gasteiger partial charge in [-0.2, -0.15) is 0 Å². The lowest BCUT2D eigenvalue weighted by molar-refractivity contribution is 0.00203. The summed E-state index contributed by atoms with van der Waals surface area (Å²) >= 11 is 9.06. The molecular formula is C16H20ClN3OS2. The molecule has 1 aliphatic rings. The molecule has 1 aliphatic heterocycles. The van der Waals surface area contributed by atoms with Gasteiger partial charge in [0.2, 0.25) is 0 Å². The predicted molar refractivity (Wildman–Crippen MR) is 99.3 cm³/mol. The Morgan fingerprint density at radius 3 is 3.00 bits per heavy atom. The van der Waals surface area contributed by atoms with Crippen LogP contribution in [0.5, 0.6) is 0 Å². The van der Waals surface area contributed by atoms with Crippen LogP contribution in [0.3, 0.4) is 0 Å². The number of thioether (sulfide) groups is 1. The summed E-state index contributed by atoms with van der Waals surface area (Å²) in [5.41, 5.74) is 7.52. The van der Waals surface area contributed by atoms with E-state index in [1.807, 2.05) is 13.0 Å². The van der Waals surface area contributed by atoms with E-state index in [9.17, 15) is 0 Å². The molecule has 0 saturated heterocycles. The van der Waals surface area contributed by atoms with E-state index < -0.39 is 0 Å². The van der Waals surface area contributed by atoms with E-state index in [4.69, 9.17) is 22.1 Å². The average molecular weight is 370 g/mol. The van der Waals surface area contributed by atoms with Crippen molar-refractivity contribution in [1.29, 1.82) is 0 Å². The van der Waals surface area contributed by atoms with Gasteiger partial charge in [-0.1, -0.05) is 43.3 Å². The van der Waals surface area contributed by atoms with Gasteiger partial charge in [-0.15, -0.1) is 11.3 Å². The van der Waals surface area contributed by atoms with Crippen molar-refractivity contribution in [3.05, 3.63) is 21.5 Å². The number of nitrogens with two attached hydrogens (primary N) is 1. The second-order valence-corrected chi connectivity index (χ2v) is 8.64. The van der Waals surface area contributed by atoms with Gasteiger partial charge < -0.3 is 10.5 Å². The first-order valence-corrected chi connectivity index (χ1v) is 9.78. The zero-order valence-corrected chi connectivity index (χ0v) is 15.8. The molecule has 3 heterocycles. The number of hydrogen-bond acceptors (Lipinski definition) is 6. The van der Waals surface area contributed by atoms with Crippen LogP contribution in [-0.2, 0) is 17.8 Å². The van der Waals surface area contributed by atoms with Crippen LogP contribution in [0.15, 0.2) is 16.3 Å². The van der Waals surface area contributed by atoms with Crippen molar-refractivity contribution in [2.45, 2.75) is 45.1 Å². The van der Waals surface area contributed by atoms with Gasteiger partial charge in [-0.3, -0.25) is 0 Å². The van der Waals surface area contributed by atoms with E-state index in [-0.39, 0.29) is 6.10 Å². The normalized spacial score (nSPS) is 18.7. The highest BCUT2D eigenvalue weighted by molar-refractivity contribution is 7.99. The third-order valence-electron chi connectivity index (χ3n) is 3.90. The zero-order chi connectivity index (χ0) is 16.6. The lowest BCUT2D eigenvalue weighted by Crippen LogP contribution is -2.26. The highest BCUT2D eigenvalue weighted by Gasteiger charge is 2.27. The molecule has 124 valence electrons. The molecule has 2 aromatic heterocycles. The Morgan fingerprint density at radius 2 is 2.30 bits per heavy atom. The zero-order valence-electron chi connectivity index (χ0n) is 13.4. The Labute approximate surface area is 149 Å². The van der Waals surface area contributed by atoms with Crippen molar-refractivity contribution in [2.75, 3.05) is 11.5 Å². The smallest absolute Gasteiger partial charge is 0.191 e. The molecule has 1 unspecified atom stereocenters. The molecule has 0 spiro atoms. The van der Waals surface area contributed by atoms with E-state index in [1.165, 1.54) is 10.4 Å². The van der Waals surface area contributed by atoms with Gasteiger partial charge in [0.25, 0.3) is 0 Å². The topological polar surface area (TPSA) is 61.0 Å². The molecule has 23 heavy (non-hydrogen) atoms. The van der Waals surface area contributed by atoms with Crippen LogP contribution in [0.1, 0.15) is 31.2 Å². The quantitative estimate of drug-likeness (QED) is 0.630. The number of halogens is 1. The van der Waals surface area contributed by atoms with Crippen LogP contribution in [0.4, 0.5) is 5.82 Å². The van der Waals surface area contributed by atoms with Crippen LogP contribution < -0.4 is 5.73 Å². The van der Waals surface area contributed by atoms with Crippen LogP contribution in [0, 0.1) is 5.92 Å². The molecule has 2 aromatic rings. The van der Waals surface area contributed by atoms with Crippen LogP contribution in [-0.4, -0.2) is 21.8 Å². The molecule has 0 aliphatic carbocycles. The molecule has 7 heteroatoms. The van der Waals surface area contributed by atoms with Gasteiger partial charge in [-0.05, 0) is 18.4 Å². The lowest BCUT2D eigenvalue weighted by Gasteiger charge is -2.26. The van der Waals surface area contributed by atoms with Gasteiger partial charge >= 0.3 is 0 Å². The van der Waals surface area contributed by atoms with E-state index >= 15 is 0 Å². The molecule has 0 amide bonds. The standard InChI is InChI=1S/C16H20ClN3OS2/c1-8(2)11-6-10-12(7-21-11)23-15-13(10)14(18)19-16(20-15)22-5-4-9(3)17/h4,8,11H,5-7H2,1-3H3,(H2,18,19,20). The number of nitrogen functional groups attached to an aromatic ring is 1. The fraction of sp³-hybridized carbons (Fsp3) is 0.500. The molecule has 3 rings (SSSR count). The number of rotatable bonds is 4. The number of thiophene rings is 1. The Hall–Kier alpha value is -0.820. The maximum atomic E-state index is 6.24. The third-order valence-corrected chi connectivity index (χ3v) is 5.92. The highest BCUT2D eigenvalue weighted by atomic mass is 35.5. The summed E-state index contributed by atoms with van der Waals surface area (Å²) in [7, 11) is 0. The van der Waals surface area contributed by atoms with Gasteiger partial charge in [0.15, 0.2) is 5.16 Å². The molecule has 0 aromatic carbocycles. The van der Waals surface area contributed by atoms with Crippen LogP contribution in [0.25, 0.3) is 10.2 Å². The van der Waals surface area contributed by atoms with Gasteiger partial charge in [0.05, 0.1) is 18.1 Å². The second-order valence-electron chi connectivity index (χ2n) is 5.97. The number of aromatic nitrogens is 2. The first kappa shape index (κ1) is 17.0. The van der Waals surface area contributed by atoms with E-state index in [0.29, 0.717) is 23.5 Å². The van der Waals surface area contributed by atoms with Crippen molar-refractivity contribution in [2.24, 2.45) is 5.92 Å². The van der Waals surface area contributed by atoms with Crippen molar-refractivity contribution in [3.63, 3.8) is 0 Å². The lowest BCUT2D eigenvalue weighted by atomic mass is 9.96. The van der Waals surface area contributed by atoms with Gasteiger partial charge in [0, 0.05) is 22.1 Å². The number of allylic oxidation sites excluding steroid dienone is 1. The maximum Gasteiger partial charge on any atom is 0.191 e. The number of ether oxygens (including phenoxy) is 1. The first-order chi connectivity index (χ1) is 11.0. The second kappa shape index (κ2) is 6.97. The molecule has 2 N–H and O–H groups in total. The van der Waals surface area contributed by atoms with Crippen LogP contribution in [0.2, 0.25) is 0 Å². The van der Waals surface area contributed by atoms with Crippen molar-refractivity contribution in [1.82, 2.24) is 9.97 Å². The summed E-state index contributed by atoms with van der Waals surface area (Å²) < 4.78 is 5.95. The number of hydrogen-bond donors (Lipinski definition) is 1. The Morgan fingerprint density at radius 1 is 1.52 bits per heavy atom.